The van der Waals surface area contributed by atoms with Crippen molar-refractivity contribution in [3.63, 3.8) is 0 Å². The van der Waals surface area contributed by atoms with Gasteiger partial charge in [0.05, 0.1) is 4.99 Å². The molecule has 0 aliphatic rings. The first-order valence-electron chi connectivity index (χ1n) is 6.64. The van der Waals surface area contributed by atoms with Crippen LogP contribution in [0.5, 0.6) is 0 Å². The predicted octanol–water partition coefficient (Wildman–Crippen LogP) is 1.63. The molecule has 0 atom stereocenters. The molecule has 106 valence electrons. The molecule has 0 aromatic carbocycles. The zero-order chi connectivity index (χ0) is 14.1. The molecule has 0 aromatic heterocycles. The summed E-state index contributed by atoms with van der Waals surface area (Å²) in [5.74, 6) is 0.160. The lowest BCUT2D eigenvalue weighted by Gasteiger charge is -2.26. The van der Waals surface area contributed by atoms with Gasteiger partial charge in [0.25, 0.3) is 0 Å². The Bertz CT molecular complexity index is 269. The third kappa shape index (κ3) is 7.61. The van der Waals surface area contributed by atoms with Crippen molar-refractivity contribution in [2.45, 2.75) is 46.1 Å². The Morgan fingerprint density at radius 2 is 1.83 bits per heavy atom. The van der Waals surface area contributed by atoms with Crippen LogP contribution in [0.2, 0.25) is 0 Å². The van der Waals surface area contributed by atoms with E-state index < -0.39 is 0 Å². The van der Waals surface area contributed by atoms with Gasteiger partial charge in [0, 0.05) is 39.0 Å². The lowest BCUT2D eigenvalue weighted by molar-refractivity contribution is -0.130. The largest absolute Gasteiger partial charge is 0.393 e. The molecule has 0 aliphatic carbocycles. The summed E-state index contributed by atoms with van der Waals surface area (Å²) in [5.41, 5.74) is 5.43. The number of hydrogen-bond donors (Lipinski definition) is 1. The first-order chi connectivity index (χ1) is 8.38. The van der Waals surface area contributed by atoms with E-state index in [1.165, 1.54) is 0 Å². The Morgan fingerprint density at radius 3 is 2.28 bits per heavy atom. The second-order valence-corrected chi connectivity index (χ2v) is 5.44. The van der Waals surface area contributed by atoms with E-state index in [9.17, 15) is 4.79 Å². The van der Waals surface area contributed by atoms with Crippen molar-refractivity contribution in [1.29, 1.82) is 0 Å². The second-order valence-electron chi connectivity index (χ2n) is 4.91. The van der Waals surface area contributed by atoms with E-state index in [0.717, 1.165) is 19.5 Å². The molecule has 0 aromatic rings. The van der Waals surface area contributed by atoms with Crippen LogP contribution in [0.15, 0.2) is 0 Å². The van der Waals surface area contributed by atoms with Crippen LogP contribution < -0.4 is 5.73 Å². The van der Waals surface area contributed by atoms with E-state index >= 15 is 0 Å². The molecule has 0 saturated carbocycles. The summed E-state index contributed by atoms with van der Waals surface area (Å²) in [4.78, 5) is 16.4. The zero-order valence-electron chi connectivity index (χ0n) is 12.1. The number of carbonyl (C=O) groups excluding carboxylic acids is 1. The van der Waals surface area contributed by atoms with Gasteiger partial charge in [-0.15, -0.1) is 0 Å². The maximum absolute atomic E-state index is 11.9. The summed E-state index contributed by atoms with van der Waals surface area (Å²) in [7, 11) is 1.81. The monoisotopic (exact) mass is 273 g/mol. The van der Waals surface area contributed by atoms with Gasteiger partial charge in [0.2, 0.25) is 5.91 Å². The number of thiocarbonyl (C=S) groups is 1. The highest BCUT2D eigenvalue weighted by Gasteiger charge is 2.13. The van der Waals surface area contributed by atoms with E-state index in [4.69, 9.17) is 18.0 Å². The lowest BCUT2D eigenvalue weighted by atomic mass is 10.2. The Morgan fingerprint density at radius 1 is 1.22 bits per heavy atom. The molecule has 4 nitrogen and oxygen atoms in total. The highest BCUT2D eigenvalue weighted by atomic mass is 32.1. The standard InChI is InChI=1S/C13H27N3OS/c1-5-8-16(11(2)3)10-7-13(17)15(4)9-6-12(14)18/h11H,5-10H2,1-4H3,(H2,14,18). The van der Waals surface area contributed by atoms with Crippen LogP contribution in [0.1, 0.15) is 40.0 Å². The third-order valence-corrected chi connectivity index (χ3v) is 3.18. The quantitative estimate of drug-likeness (QED) is 0.649. The minimum Gasteiger partial charge on any atom is -0.393 e. The molecule has 0 fully saturated rings. The molecule has 2 N–H and O–H groups in total. The minimum absolute atomic E-state index is 0.160. The smallest absolute Gasteiger partial charge is 0.223 e. The molecule has 5 heteroatoms. The number of rotatable bonds is 9. The number of nitrogens with two attached hydrogens (primary N) is 1. The fourth-order valence-electron chi connectivity index (χ4n) is 1.75. The van der Waals surface area contributed by atoms with Crippen LogP contribution >= 0.6 is 12.2 Å². The van der Waals surface area contributed by atoms with Crippen molar-refractivity contribution in [2.24, 2.45) is 5.73 Å². The van der Waals surface area contributed by atoms with Gasteiger partial charge in [0.1, 0.15) is 0 Å². The molecular weight excluding hydrogens is 246 g/mol. The van der Waals surface area contributed by atoms with E-state index in [1.54, 1.807) is 11.9 Å². The molecule has 0 heterocycles. The molecular formula is C13H27N3OS. The topological polar surface area (TPSA) is 49.6 Å². The van der Waals surface area contributed by atoms with E-state index in [-0.39, 0.29) is 5.91 Å². The van der Waals surface area contributed by atoms with Gasteiger partial charge >= 0.3 is 0 Å². The van der Waals surface area contributed by atoms with Gasteiger partial charge in [0.15, 0.2) is 0 Å². The average molecular weight is 273 g/mol. The Hall–Kier alpha value is -0.680. The summed E-state index contributed by atoms with van der Waals surface area (Å²) in [6.07, 6.45) is 2.27. The fraction of sp³-hybridized carbons (Fsp3) is 0.846. The number of hydrogen-bond acceptors (Lipinski definition) is 3. The lowest BCUT2D eigenvalue weighted by Crippen LogP contribution is -2.37. The van der Waals surface area contributed by atoms with Crippen molar-refractivity contribution < 1.29 is 4.79 Å². The maximum Gasteiger partial charge on any atom is 0.223 e. The SMILES string of the molecule is CCCN(CCC(=O)N(C)CCC(N)=S)C(C)C. The maximum atomic E-state index is 11.9. The average Bonchev–Trinajstić information content (AvgIpc) is 2.30. The first kappa shape index (κ1) is 17.3. The Labute approximate surface area is 116 Å². The Balaban J connectivity index is 4.02. The normalized spacial score (nSPS) is 11.0. The molecule has 0 unspecified atom stereocenters. The van der Waals surface area contributed by atoms with Crippen LogP contribution in [-0.2, 0) is 4.79 Å². The summed E-state index contributed by atoms with van der Waals surface area (Å²) in [5, 5.41) is 0. The number of carbonyl (C=O) groups is 1. The molecule has 0 saturated heterocycles. The molecule has 0 spiro atoms. The first-order valence-corrected chi connectivity index (χ1v) is 7.05. The molecule has 18 heavy (non-hydrogen) atoms. The van der Waals surface area contributed by atoms with Gasteiger partial charge < -0.3 is 15.5 Å². The summed E-state index contributed by atoms with van der Waals surface area (Å²) >= 11 is 4.81. The van der Waals surface area contributed by atoms with E-state index in [2.05, 4.69) is 25.7 Å². The van der Waals surface area contributed by atoms with Crippen molar-refractivity contribution in [2.75, 3.05) is 26.7 Å². The van der Waals surface area contributed by atoms with Crippen LogP contribution in [0.25, 0.3) is 0 Å². The van der Waals surface area contributed by atoms with E-state index in [0.29, 0.717) is 30.4 Å². The zero-order valence-corrected chi connectivity index (χ0v) is 12.9. The summed E-state index contributed by atoms with van der Waals surface area (Å²) in [6, 6.07) is 0.486. The molecule has 0 aliphatic heterocycles. The van der Waals surface area contributed by atoms with Gasteiger partial charge in [-0.05, 0) is 26.8 Å². The van der Waals surface area contributed by atoms with Crippen molar-refractivity contribution in [3.8, 4) is 0 Å². The fourth-order valence-corrected chi connectivity index (χ4v) is 1.84. The molecule has 1 amide bonds. The highest BCUT2D eigenvalue weighted by Crippen LogP contribution is 2.03. The number of nitrogens with zero attached hydrogens (tertiary/aromatic N) is 2. The minimum atomic E-state index is 0.160. The molecule has 0 bridgehead atoms. The van der Waals surface area contributed by atoms with Gasteiger partial charge in [-0.2, -0.15) is 0 Å². The van der Waals surface area contributed by atoms with Gasteiger partial charge in [-0.3, -0.25) is 4.79 Å². The van der Waals surface area contributed by atoms with Gasteiger partial charge in [-0.25, -0.2) is 0 Å². The van der Waals surface area contributed by atoms with Crippen LogP contribution in [0, 0.1) is 0 Å². The summed E-state index contributed by atoms with van der Waals surface area (Å²) in [6.45, 7) is 8.96. The van der Waals surface area contributed by atoms with Gasteiger partial charge in [-0.1, -0.05) is 19.1 Å². The van der Waals surface area contributed by atoms with Crippen molar-refractivity contribution in [1.82, 2.24) is 9.80 Å². The number of amides is 1. The van der Waals surface area contributed by atoms with E-state index in [1.807, 2.05) is 0 Å². The second kappa shape index (κ2) is 9.28. The molecule has 0 rings (SSSR count). The van der Waals surface area contributed by atoms with Crippen LogP contribution in [-0.4, -0.2) is 53.4 Å². The van der Waals surface area contributed by atoms with Crippen molar-refractivity contribution >= 4 is 23.1 Å². The third-order valence-electron chi connectivity index (χ3n) is 2.97. The molecule has 0 radical (unpaired) electrons. The summed E-state index contributed by atoms with van der Waals surface area (Å²) < 4.78 is 0. The van der Waals surface area contributed by atoms with Crippen LogP contribution in [0.3, 0.4) is 0 Å². The van der Waals surface area contributed by atoms with Crippen LogP contribution in [0.4, 0.5) is 0 Å². The van der Waals surface area contributed by atoms with Crippen molar-refractivity contribution in [3.05, 3.63) is 0 Å². The highest BCUT2D eigenvalue weighted by molar-refractivity contribution is 7.80. The Kier molecular flexibility index (Phi) is 8.93. The predicted molar refractivity (Wildman–Crippen MR) is 80.7 cm³/mol.